The van der Waals surface area contributed by atoms with Crippen LogP contribution in [0.2, 0.25) is 5.02 Å². The van der Waals surface area contributed by atoms with Gasteiger partial charge in [-0.1, -0.05) is 17.7 Å². The van der Waals surface area contributed by atoms with Gasteiger partial charge in [-0.25, -0.2) is 0 Å². The van der Waals surface area contributed by atoms with Crippen molar-refractivity contribution in [3.05, 3.63) is 34.3 Å². The van der Waals surface area contributed by atoms with Crippen LogP contribution in [0.5, 0.6) is 0 Å². The van der Waals surface area contributed by atoms with Gasteiger partial charge in [-0.3, -0.25) is 0 Å². The third kappa shape index (κ3) is 3.25. The first-order chi connectivity index (χ1) is 8.31. The van der Waals surface area contributed by atoms with Gasteiger partial charge in [-0.15, -0.1) is 12.3 Å². The second kappa shape index (κ2) is 6.10. The third-order valence-corrected chi connectivity index (χ3v) is 3.56. The van der Waals surface area contributed by atoms with Gasteiger partial charge in [0.1, 0.15) is 0 Å². The van der Waals surface area contributed by atoms with Crippen LogP contribution in [0.3, 0.4) is 0 Å². The number of halogens is 1. The van der Waals surface area contributed by atoms with Gasteiger partial charge in [-0.05, 0) is 55.5 Å². The standard InChI is InChI=1S/C15H18ClN/c1-2-3-4-5-10-17-15-9-6-12-11-13(16)7-8-14(12)15/h1,7-8,11,15,17H,3-6,9-10H2. The van der Waals surface area contributed by atoms with Crippen molar-refractivity contribution in [3.8, 4) is 12.3 Å². The zero-order chi connectivity index (χ0) is 12.1. The van der Waals surface area contributed by atoms with Gasteiger partial charge in [0.25, 0.3) is 0 Å². The van der Waals surface area contributed by atoms with E-state index in [-0.39, 0.29) is 0 Å². The Kier molecular flexibility index (Phi) is 4.48. The van der Waals surface area contributed by atoms with Crippen molar-refractivity contribution in [2.75, 3.05) is 6.54 Å². The van der Waals surface area contributed by atoms with Crippen molar-refractivity contribution in [1.82, 2.24) is 5.32 Å². The highest BCUT2D eigenvalue weighted by Crippen LogP contribution is 2.32. The molecule has 0 saturated heterocycles. The number of hydrogen-bond donors (Lipinski definition) is 1. The number of hydrogen-bond acceptors (Lipinski definition) is 1. The Bertz CT molecular complexity index is 419. The van der Waals surface area contributed by atoms with E-state index in [1.54, 1.807) is 0 Å². The number of aryl methyl sites for hydroxylation is 1. The predicted octanol–water partition coefficient (Wildman–Crippen LogP) is 3.72. The zero-order valence-corrected chi connectivity index (χ0v) is 10.8. The van der Waals surface area contributed by atoms with Crippen molar-refractivity contribution in [1.29, 1.82) is 0 Å². The summed E-state index contributed by atoms with van der Waals surface area (Å²) in [5, 5.41) is 4.45. The SMILES string of the molecule is C#CCCCCNC1CCc2cc(Cl)ccc21. The summed E-state index contributed by atoms with van der Waals surface area (Å²) in [5.41, 5.74) is 2.82. The number of rotatable bonds is 5. The molecular weight excluding hydrogens is 230 g/mol. The molecule has 1 aromatic carbocycles. The van der Waals surface area contributed by atoms with Crippen molar-refractivity contribution in [2.45, 2.75) is 38.1 Å². The van der Waals surface area contributed by atoms with E-state index in [0.29, 0.717) is 6.04 Å². The Labute approximate surface area is 109 Å². The second-order valence-electron chi connectivity index (χ2n) is 4.55. The number of nitrogens with one attached hydrogen (secondary N) is 1. The summed E-state index contributed by atoms with van der Waals surface area (Å²) in [7, 11) is 0. The first kappa shape index (κ1) is 12.5. The molecule has 2 rings (SSSR count). The maximum atomic E-state index is 5.99. The summed E-state index contributed by atoms with van der Waals surface area (Å²) in [6.45, 7) is 1.05. The summed E-state index contributed by atoms with van der Waals surface area (Å²) < 4.78 is 0. The lowest BCUT2D eigenvalue weighted by Gasteiger charge is -2.13. The Morgan fingerprint density at radius 3 is 3.12 bits per heavy atom. The fraction of sp³-hybridized carbons (Fsp3) is 0.467. The molecule has 2 heteroatoms. The molecule has 1 aliphatic carbocycles. The van der Waals surface area contributed by atoms with Crippen molar-refractivity contribution in [3.63, 3.8) is 0 Å². The van der Waals surface area contributed by atoms with Crippen LogP contribution < -0.4 is 5.32 Å². The zero-order valence-electron chi connectivity index (χ0n) is 10.0. The molecule has 0 saturated carbocycles. The molecule has 0 heterocycles. The normalized spacial score (nSPS) is 17.8. The van der Waals surface area contributed by atoms with Gasteiger partial charge >= 0.3 is 0 Å². The molecule has 1 aliphatic rings. The molecule has 0 radical (unpaired) electrons. The molecule has 0 aliphatic heterocycles. The average molecular weight is 248 g/mol. The minimum absolute atomic E-state index is 0.508. The lowest BCUT2D eigenvalue weighted by Crippen LogP contribution is -2.20. The largest absolute Gasteiger partial charge is 0.310 e. The Hall–Kier alpha value is -0.970. The molecule has 0 amide bonds. The molecule has 90 valence electrons. The van der Waals surface area contributed by atoms with Gasteiger partial charge < -0.3 is 5.32 Å². The van der Waals surface area contributed by atoms with E-state index in [1.165, 1.54) is 17.5 Å². The molecule has 0 spiro atoms. The quantitative estimate of drug-likeness (QED) is 0.618. The van der Waals surface area contributed by atoms with Crippen LogP contribution in [0.4, 0.5) is 0 Å². The lowest BCUT2D eigenvalue weighted by molar-refractivity contribution is 0.514. The highest BCUT2D eigenvalue weighted by atomic mass is 35.5. The number of terminal acetylenes is 1. The molecule has 1 unspecified atom stereocenters. The minimum atomic E-state index is 0.508. The highest BCUT2D eigenvalue weighted by Gasteiger charge is 2.21. The maximum Gasteiger partial charge on any atom is 0.0408 e. The highest BCUT2D eigenvalue weighted by molar-refractivity contribution is 6.30. The topological polar surface area (TPSA) is 12.0 Å². The molecule has 1 N–H and O–H groups in total. The first-order valence-electron chi connectivity index (χ1n) is 6.26. The fourth-order valence-corrected chi connectivity index (χ4v) is 2.62. The minimum Gasteiger partial charge on any atom is -0.310 e. The maximum absolute atomic E-state index is 5.99. The molecular formula is C15H18ClN. The summed E-state index contributed by atoms with van der Waals surface area (Å²) in [6, 6.07) is 6.74. The monoisotopic (exact) mass is 247 g/mol. The van der Waals surface area contributed by atoms with Crippen molar-refractivity contribution in [2.24, 2.45) is 0 Å². The third-order valence-electron chi connectivity index (χ3n) is 3.32. The molecule has 1 atom stereocenters. The van der Waals surface area contributed by atoms with Gasteiger partial charge in [0.2, 0.25) is 0 Å². The molecule has 17 heavy (non-hydrogen) atoms. The molecule has 0 bridgehead atoms. The van der Waals surface area contributed by atoms with E-state index in [0.717, 1.165) is 37.3 Å². The average Bonchev–Trinajstić information content (AvgIpc) is 2.71. The van der Waals surface area contributed by atoms with E-state index in [1.807, 2.05) is 6.07 Å². The van der Waals surface area contributed by atoms with E-state index in [2.05, 4.69) is 23.4 Å². The van der Waals surface area contributed by atoms with Crippen LogP contribution in [-0.4, -0.2) is 6.54 Å². The lowest BCUT2D eigenvalue weighted by atomic mass is 10.1. The number of benzene rings is 1. The molecule has 0 fully saturated rings. The Balaban J connectivity index is 1.83. The summed E-state index contributed by atoms with van der Waals surface area (Å²) in [6.07, 6.45) is 10.7. The van der Waals surface area contributed by atoms with Gasteiger partial charge in [0.15, 0.2) is 0 Å². The van der Waals surface area contributed by atoms with Gasteiger partial charge in [-0.2, -0.15) is 0 Å². The molecule has 0 aromatic heterocycles. The van der Waals surface area contributed by atoms with E-state index < -0.39 is 0 Å². The van der Waals surface area contributed by atoms with E-state index >= 15 is 0 Å². The number of unbranched alkanes of at least 4 members (excludes halogenated alkanes) is 2. The smallest absolute Gasteiger partial charge is 0.0408 e. The van der Waals surface area contributed by atoms with Gasteiger partial charge in [0.05, 0.1) is 0 Å². The van der Waals surface area contributed by atoms with Crippen molar-refractivity contribution >= 4 is 11.6 Å². The van der Waals surface area contributed by atoms with E-state index in [4.69, 9.17) is 18.0 Å². The van der Waals surface area contributed by atoms with Crippen LogP contribution in [0.1, 0.15) is 42.9 Å². The summed E-state index contributed by atoms with van der Waals surface area (Å²) in [4.78, 5) is 0. The van der Waals surface area contributed by atoms with Crippen LogP contribution in [0, 0.1) is 12.3 Å². The van der Waals surface area contributed by atoms with Crippen LogP contribution in [-0.2, 0) is 6.42 Å². The predicted molar refractivity (Wildman–Crippen MR) is 73.2 cm³/mol. The first-order valence-corrected chi connectivity index (χ1v) is 6.64. The van der Waals surface area contributed by atoms with Crippen LogP contribution in [0.15, 0.2) is 18.2 Å². The Morgan fingerprint density at radius 1 is 1.41 bits per heavy atom. The second-order valence-corrected chi connectivity index (χ2v) is 4.99. The van der Waals surface area contributed by atoms with E-state index in [9.17, 15) is 0 Å². The fourth-order valence-electron chi connectivity index (χ4n) is 2.43. The molecule has 1 nitrogen and oxygen atoms in total. The van der Waals surface area contributed by atoms with Gasteiger partial charge in [0, 0.05) is 17.5 Å². The van der Waals surface area contributed by atoms with Crippen LogP contribution in [0.25, 0.3) is 0 Å². The van der Waals surface area contributed by atoms with Crippen molar-refractivity contribution < 1.29 is 0 Å². The molecule has 1 aromatic rings. The Morgan fingerprint density at radius 2 is 2.29 bits per heavy atom. The number of fused-ring (bicyclic) bond motifs is 1. The summed E-state index contributed by atoms with van der Waals surface area (Å²) in [5.74, 6) is 2.68. The van der Waals surface area contributed by atoms with Crippen LogP contribution >= 0.6 is 11.6 Å². The summed E-state index contributed by atoms with van der Waals surface area (Å²) >= 11 is 5.99.